The number of hydrogen-bond donors (Lipinski definition) is 1. The van der Waals surface area contributed by atoms with E-state index in [0.717, 1.165) is 12.0 Å². The lowest BCUT2D eigenvalue weighted by atomic mass is 10.2. The van der Waals surface area contributed by atoms with Crippen LogP contribution in [0.25, 0.3) is 0 Å². The van der Waals surface area contributed by atoms with Crippen LogP contribution in [-0.4, -0.2) is 35.9 Å². The average Bonchev–Trinajstić information content (AvgIpc) is 2.99. The molecule has 2 N–H and O–H groups in total. The maximum absolute atomic E-state index is 12.4. The summed E-state index contributed by atoms with van der Waals surface area (Å²) in [7, 11) is 1.81. The van der Waals surface area contributed by atoms with Crippen LogP contribution in [0.1, 0.15) is 20.8 Å². The predicted octanol–water partition coefficient (Wildman–Crippen LogP) is 1.77. The van der Waals surface area contributed by atoms with Gasteiger partial charge in [0.25, 0.3) is 5.91 Å². The molecule has 2 rings (SSSR count). The summed E-state index contributed by atoms with van der Waals surface area (Å²) in [6.07, 6.45) is 4.33. The summed E-state index contributed by atoms with van der Waals surface area (Å²) >= 11 is 1.41. The van der Waals surface area contributed by atoms with Crippen LogP contribution in [0.15, 0.2) is 36.0 Å². The molecule has 0 radical (unpaired) electrons. The van der Waals surface area contributed by atoms with Crippen molar-refractivity contribution >= 4 is 17.2 Å². The zero-order valence-electron chi connectivity index (χ0n) is 11.9. The van der Waals surface area contributed by atoms with Crippen molar-refractivity contribution in [2.24, 2.45) is 5.73 Å². The summed E-state index contributed by atoms with van der Waals surface area (Å²) in [5, 5.41) is 1.88. The lowest BCUT2D eigenvalue weighted by Gasteiger charge is -2.16. The van der Waals surface area contributed by atoms with E-state index in [2.05, 4.69) is 16.8 Å². The minimum atomic E-state index is 0.000350. The van der Waals surface area contributed by atoms with Gasteiger partial charge in [-0.15, -0.1) is 11.3 Å². The number of aromatic nitrogens is 1. The molecule has 0 unspecified atom stereocenters. The molecule has 0 saturated carbocycles. The number of likely N-dealkylation sites (N-methyl/N-ethyl adjacent to an activating group) is 1. The highest BCUT2D eigenvalue weighted by atomic mass is 32.1. The zero-order chi connectivity index (χ0) is 15.1. The molecule has 108 valence electrons. The second kappa shape index (κ2) is 7.58. The predicted molar refractivity (Wildman–Crippen MR) is 85.2 cm³/mol. The van der Waals surface area contributed by atoms with Crippen LogP contribution in [0, 0.1) is 11.8 Å². The van der Waals surface area contributed by atoms with Gasteiger partial charge < -0.3 is 10.6 Å². The number of pyridine rings is 1. The molecule has 21 heavy (non-hydrogen) atoms. The van der Waals surface area contributed by atoms with E-state index in [0.29, 0.717) is 18.0 Å². The topological polar surface area (TPSA) is 59.2 Å². The number of nitrogens with zero attached hydrogens (tertiary/aromatic N) is 2. The van der Waals surface area contributed by atoms with Gasteiger partial charge >= 0.3 is 0 Å². The lowest BCUT2D eigenvalue weighted by Crippen LogP contribution is -2.28. The minimum Gasteiger partial charge on any atom is -0.341 e. The van der Waals surface area contributed by atoms with E-state index < -0.39 is 0 Å². The van der Waals surface area contributed by atoms with Crippen molar-refractivity contribution in [1.82, 2.24) is 9.88 Å². The number of hydrogen-bond acceptors (Lipinski definition) is 4. The maximum atomic E-state index is 12.4. The van der Waals surface area contributed by atoms with Gasteiger partial charge in [-0.1, -0.05) is 11.8 Å². The van der Waals surface area contributed by atoms with Crippen molar-refractivity contribution in [2.45, 2.75) is 6.42 Å². The highest BCUT2D eigenvalue weighted by Gasteiger charge is 2.16. The standard InChI is InChI=1S/C16H17N3OS/c1-19(11-6-13-4-9-18-10-5-13)16(20)15-14(3-2-8-17)7-12-21-15/h4-5,7,9-10,12H,6,8,11,17H2,1H3. The zero-order valence-corrected chi connectivity index (χ0v) is 12.7. The Balaban J connectivity index is 2.01. The summed E-state index contributed by atoms with van der Waals surface area (Å²) in [6.45, 7) is 0.950. The Hall–Kier alpha value is -2.16. The maximum Gasteiger partial charge on any atom is 0.264 e. The molecule has 2 aromatic rings. The van der Waals surface area contributed by atoms with E-state index in [1.807, 2.05) is 30.6 Å². The van der Waals surface area contributed by atoms with Crippen molar-refractivity contribution in [3.63, 3.8) is 0 Å². The Bertz CT molecular complexity index is 655. The van der Waals surface area contributed by atoms with Crippen LogP contribution in [0.4, 0.5) is 0 Å². The number of carbonyl (C=O) groups is 1. The molecule has 4 nitrogen and oxygen atoms in total. The van der Waals surface area contributed by atoms with Crippen LogP contribution in [0.3, 0.4) is 0 Å². The van der Waals surface area contributed by atoms with Crippen LogP contribution in [0.2, 0.25) is 0 Å². The first-order valence-electron chi connectivity index (χ1n) is 6.63. The smallest absolute Gasteiger partial charge is 0.264 e. The van der Waals surface area contributed by atoms with Crippen molar-refractivity contribution in [2.75, 3.05) is 20.1 Å². The molecule has 1 amide bonds. The van der Waals surface area contributed by atoms with Crippen LogP contribution in [-0.2, 0) is 6.42 Å². The van der Waals surface area contributed by atoms with Gasteiger partial charge in [0.05, 0.1) is 6.54 Å². The first kappa shape index (κ1) is 15.2. The first-order valence-corrected chi connectivity index (χ1v) is 7.51. The quantitative estimate of drug-likeness (QED) is 0.875. The van der Waals surface area contributed by atoms with Crippen molar-refractivity contribution in [3.05, 3.63) is 52.0 Å². The SMILES string of the molecule is CN(CCc1ccncc1)C(=O)c1sccc1C#CCN. The van der Waals surface area contributed by atoms with E-state index in [-0.39, 0.29) is 5.91 Å². The van der Waals surface area contributed by atoms with Gasteiger partial charge in [-0.3, -0.25) is 9.78 Å². The van der Waals surface area contributed by atoms with Crippen LogP contribution in [0.5, 0.6) is 0 Å². The third-order valence-electron chi connectivity index (χ3n) is 3.02. The largest absolute Gasteiger partial charge is 0.341 e. The van der Waals surface area contributed by atoms with Crippen LogP contribution >= 0.6 is 11.3 Å². The first-order chi connectivity index (χ1) is 10.2. The summed E-state index contributed by atoms with van der Waals surface area (Å²) in [4.78, 5) is 18.8. The molecule has 5 heteroatoms. The molecule has 0 spiro atoms. The Morgan fingerprint density at radius 2 is 2.14 bits per heavy atom. The molecule has 0 aromatic carbocycles. The Kier molecular flexibility index (Phi) is 5.50. The normalized spacial score (nSPS) is 9.81. The van der Waals surface area contributed by atoms with Gasteiger partial charge in [0.15, 0.2) is 0 Å². The summed E-state index contributed by atoms with van der Waals surface area (Å²) in [6, 6.07) is 5.78. The molecule has 0 fully saturated rings. The Labute approximate surface area is 128 Å². The monoisotopic (exact) mass is 299 g/mol. The molecule has 2 heterocycles. The highest BCUT2D eigenvalue weighted by molar-refractivity contribution is 7.12. The van der Waals surface area contributed by atoms with Crippen molar-refractivity contribution in [3.8, 4) is 11.8 Å². The molecular formula is C16H17N3OS. The van der Waals surface area contributed by atoms with Gasteiger partial charge in [-0.25, -0.2) is 0 Å². The molecule has 0 saturated heterocycles. The average molecular weight is 299 g/mol. The lowest BCUT2D eigenvalue weighted by molar-refractivity contribution is 0.0801. The number of amides is 1. The van der Waals surface area contributed by atoms with Gasteiger partial charge in [-0.2, -0.15) is 0 Å². The molecule has 0 atom stereocenters. The summed E-state index contributed by atoms with van der Waals surface area (Å²) < 4.78 is 0. The number of thiophene rings is 1. The minimum absolute atomic E-state index is 0.000350. The van der Waals surface area contributed by atoms with Crippen LogP contribution < -0.4 is 5.73 Å². The Morgan fingerprint density at radius 1 is 1.38 bits per heavy atom. The van der Waals surface area contributed by atoms with Gasteiger partial charge in [-0.05, 0) is 35.6 Å². The van der Waals surface area contributed by atoms with E-state index in [4.69, 9.17) is 5.73 Å². The second-order valence-electron chi connectivity index (χ2n) is 4.50. The highest BCUT2D eigenvalue weighted by Crippen LogP contribution is 2.18. The third-order valence-corrected chi connectivity index (χ3v) is 3.92. The van der Waals surface area contributed by atoms with Gasteiger partial charge in [0.2, 0.25) is 0 Å². The third kappa shape index (κ3) is 4.15. The molecular weight excluding hydrogens is 282 g/mol. The molecule has 0 bridgehead atoms. The van der Waals surface area contributed by atoms with E-state index in [9.17, 15) is 4.79 Å². The molecule has 0 aliphatic heterocycles. The molecule has 0 aliphatic carbocycles. The van der Waals surface area contributed by atoms with Gasteiger partial charge in [0.1, 0.15) is 4.88 Å². The fourth-order valence-electron chi connectivity index (χ4n) is 1.84. The number of nitrogens with two attached hydrogens (primary N) is 1. The van der Waals surface area contributed by atoms with E-state index >= 15 is 0 Å². The molecule has 2 aromatic heterocycles. The molecule has 0 aliphatic rings. The second-order valence-corrected chi connectivity index (χ2v) is 5.42. The number of carbonyl (C=O) groups excluding carboxylic acids is 1. The van der Waals surface area contributed by atoms with Gasteiger partial charge in [0, 0.05) is 31.5 Å². The Morgan fingerprint density at radius 3 is 2.86 bits per heavy atom. The fraction of sp³-hybridized carbons (Fsp3) is 0.250. The number of rotatable bonds is 4. The fourth-order valence-corrected chi connectivity index (χ4v) is 2.68. The summed E-state index contributed by atoms with van der Waals surface area (Å²) in [5.74, 6) is 5.73. The van der Waals surface area contributed by atoms with E-state index in [1.165, 1.54) is 16.9 Å². The summed E-state index contributed by atoms with van der Waals surface area (Å²) in [5.41, 5.74) is 7.29. The van der Waals surface area contributed by atoms with Crippen molar-refractivity contribution < 1.29 is 4.79 Å². The van der Waals surface area contributed by atoms with Crippen molar-refractivity contribution in [1.29, 1.82) is 0 Å². The van der Waals surface area contributed by atoms with E-state index in [1.54, 1.807) is 17.3 Å².